The molecular formula is C11H14BrNO3. The molecule has 1 aromatic carbocycles. The van der Waals surface area contributed by atoms with Gasteiger partial charge in [0.2, 0.25) is 0 Å². The Morgan fingerprint density at radius 1 is 1.50 bits per heavy atom. The quantitative estimate of drug-likeness (QED) is 0.901. The Kier molecular flexibility index (Phi) is 4.76. The molecule has 5 heteroatoms. The van der Waals surface area contributed by atoms with E-state index >= 15 is 0 Å². The van der Waals surface area contributed by atoms with Gasteiger partial charge in [0.05, 0.1) is 0 Å². The minimum Gasteiger partial charge on any atom is -0.491 e. The molecule has 0 aliphatic rings. The minimum atomic E-state index is -0.979. The van der Waals surface area contributed by atoms with Crippen molar-refractivity contribution in [3.05, 3.63) is 28.2 Å². The molecule has 0 aliphatic heterocycles. The topological polar surface area (TPSA) is 49.8 Å². The maximum atomic E-state index is 10.9. The van der Waals surface area contributed by atoms with Gasteiger partial charge in [-0.05, 0) is 32.3 Å². The van der Waals surface area contributed by atoms with Gasteiger partial charge >= 0.3 is 5.97 Å². The van der Waals surface area contributed by atoms with Gasteiger partial charge in [-0.3, -0.25) is 0 Å². The van der Waals surface area contributed by atoms with E-state index in [4.69, 9.17) is 9.84 Å². The van der Waals surface area contributed by atoms with E-state index in [9.17, 15) is 4.79 Å². The van der Waals surface area contributed by atoms with Crippen LogP contribution in [0.3, 0.4) is 0 Å². The van der Waals surface area contributed by atoms with Gasteiger partial charge < -0.3 is 14.7 Å². The van der Waals surface area contributed by atoms with Gasteiger partial charge in [0.15, 0.2) is 0 Å². The lowest BCUT2D eigenvalue weighted by Gasteiger charge is -2.12. The summed E-state index contributed by atoms with van der Waals surface area (Å²) in [4.78, 5) is 12.9. The second kappa shape index (κ2) is 5.86. The number of hydrogen-bond donors (Lipinski definition) is 1. The summed E-state index contributed by atoms with van der Waals surface area (Å²) in [5.74, 6) is -0.587. The summed E-state index contributed by atoms with van der Waals surface area (Å²) in [5, 5.41) is 8.96. The summed E-state index contributed by atoms with van der Waals surface area (Å²) < 4.78 is 6.24. The molecule has 1 N–H and O–H groups in total. The van der Waals surface area contributed by atoms with Crippen molar-refractivity contribution < 1.29 is 14.6 Å². The zero-order chi connectivity index (χ0) is 12.1. The van der Waals surface area contributed by atoms with E-state index in [1.807, 2.05) is 19.0 Å². The second-order valence-corrected chi connectivity index (χ2v) is 4.51. The molecule has 0 amide bonds. The third-order valence-corrected chi connectivity index (χ3v) is 2.46. The lowest BCUT2D eigenvalue weighted by Crippen LogP contribution is -2.20. The highest BCUT2D eigenvalue weighted by Crippen LogP contribution is 2.23. The van der Waals surface area contributed by atoms with Crippen LogP contribution in [0.1, 0.15) is 10.4 Å². The summed E-state index contributed by atoms with van der Waals surface area (Å²) in [6, 6.07) is 4.87. The van der Waals surface area contributed by atoms with Crippen molar-refractivity contribution in [3.63, 3.8) is 0 Å². The lowest BCUT2D eigenvalue weighted by atomic mass is 10.2. The first-order valence-electron chi connectivity index (χ1n) is 4.81. The molecule has 0 fully saturated rings. The smallest absolute Gasteiger partial charge is 0.339 e. The monoisotopic (exact) mass is 287 g/mol. The predicted octanol–water partition coefficient (Wildman–Crippen LogP) is 2.09. The van der Waals surface area contributed by atoms with Crippen LogP contribution in [0.2, 0.25) is 0 Å². The highest BCUT2D eigenvalue weighted by molar-refractivity contribution is 9.10. The molecule has 0 aromatic heterocycles. The van der Waals surface area contributed by atoms with Crippen molar-refractivity contribution >= 4 is 21.9 Å². The number of carboxylic acids is 1. The Balaban J connectivity index is 2.76. The first-order valence-corrected chi connectivity index (χ1v) is 5.60. The third-order valence-electron chi connectivity index (χ3n) is 1.97. The van der Waals surface area contributed by atoms with Crippen molar-refractivity contribution in [2.45, 2.75) is 0 Å². The number of rotatable bonds is 5. The Morgan fingerprint density at radius 2 is 2.19 bits per heavy atom. The van der Waals surface area contributed by atoms with Gasteiger partial charge in [0.25, 0.3) is 0 Å². The second-order valence-electron chi connectivity index (χ2n) is 3.60. The number of likely N-dealkylation sites (N-methyl/N-ethyl adjacent to an activating group) is 1. The maximum absolute atomic E-state index is 10.9. The number of carboxylic acid groups (broad SMARTS) is 1. The molecule has 0 unspecified atom stereocenters. The summed E-state index contributed by atoms with van der Waals surface area (Å²) in [7, 11) is 3.87. The summed E-state index contributed by atoms with van der Waals surface area (Å²) in [6.07, 6.45) is 0. The van der Waals surface area contributed by atoms with Crippen molar-refractivity contribution in [2.24, 2.45) is 0 Å². The normalized spacial score (nSPS) is 10.5. The van der Waals surface area contributed by atoms with Crippen LogP contribution in [0.25, 0.3) is 0 Å². The molecule has 0 saturated carbocycles. The largest absolute Gasteiger partial charge is 0.491 e. The summed E-state index contributed by atoms with van der Waals surface area (Å²) in [6.45, 7) is 1.20. The van der Waals surface area contributed by atoms with Crippen LogP contribution in [0.15, 0.2) is 22.7 Å². The molecule has 0 spiro atoms. The number of benzene rings is 1. The number of nitrogens with zero attached hydrogens (tertiary/aromatic N) is 1. The van der Waals surface area contributed by atoms with Crippen molar-refractivity contribution in [3.8, 4) is 5.75 Å². The number of halogens is 1. The van der Waals surface area contributed by atoms with E-state index in [0.29, 0.717) is 12.4 Å². The predicted molar refractivity (Wildman–Crippen MR) is 65.2 cm³/mol. The van der Waals surface area contributed by atoms with E-state index in [-0.39, 0.29) is 5.56 Å². The minimum absolute atomic E-state index is 0.182. The molecule has 0 heterocycles. The Labute approximate surface area is 103 Å². The van der Waals surface area contributed by atoms with Gasteiger partial charge in [-0.1, -0.05) is 15.9 Å². The molecule has 4 nitrogen and oxygen atoms in total. The first-order chi connectivity index (χ1) is 7.50. The summed E-state index contributed by atoms with van der Waals surface area (Å²) in [5.41, 5.74) is 0.182. The van der Waals surface area contributed by atoms with Crippen LogP contribution in [-0.4, -0.2) is 43.2 Å². The number of ether oxygens (including phenoxy) is 1. The molecule has 0 aliphatic carbocycles. The van der Waals surface area contributed by atoms with Crippen molar-refractivity contribution in [1.82, 2.24) is 4.90 Å². The molecule has 0 saturated heterocycles. The average molecular weight is 288 g/mol. The van der Waals surface area contributed by atoms with Crippen LogP contribution in [0.4, 0.5) is 0 Å². The van der Waals surface area contributed by atoms with Gasteiger partial charge in [-0.2, -0.15) is 0 Å². The standard InChI is InChI=1S/C11H14BrNO3/c1-13(2)5-6-16-10-7-8(12)3-4-9(10)11(14)15/h3-4,7H,5-6H2,1-2H3,(H,14,15). The van der Waals surface area contributed by atoms with Gasteiger partial charge in [-0.25, -0.2) is 4.79 Å². The fourth-order valence-electron chi connectivity index (χ4n) is 1.13. The number of hydrogen-bond acceptors (Lipinski definition) is 3. The molecule has 16 heavy (non-hydrogen) atoms. The van der Waals surface area contributed by atoms with Crippen LogP contribution in [-0.2, 0) is 0 Å². The molecular weight excluding hydrogens is 274 g/mol. The van der Waals surface area contributed by atoms with E-state index < -0.39 is 5.97 Å². The van der Waals surface area contributed by atoms with E-state index in [2.05, 4.69) is 15.9 Å². The fraction of sp³-hybridized carbons (Fsp3) is 0.364. The van der Waals surface area contributed by atoms with Gasteiger partial charge in [0, 0.05) is 11.0 Å². The molecule has 0 bridgehead atoms. The highest BCUT2D eigenvalue weighted by atomic mass is 79.9. The SMILES string of the molecule is CN(C)CCOc1cc(Br)ccc1C(=O)O. The zero-order valence-corrected chi connectivity index (χ0v) is 10.8. The van der Waals surface area contributed by atoms with Crippen LogP contribution in [0.5, 0.6) is 5.75 Å². The Bertz CT molecular complexity index is 379. The molecule has 0 atom stereocenters. The zero-order valence-electron chi connectivity index (χ0n) is 9.24. The summed E-state index contributed by atoms with van der Waals surface area (Å²) >= 11 is 3.28. The van der Waals surface area contributed by atoms with Crippen molar-refractivity contribution in [1.29, 1.82) is 0 Å². The van der Waals surface area contributed by atoms with Gasteiger partial charge in [-0.15, -0.1) is 0 Å². The van der Waals surface area contributed by atoms with Crippen LogP contribution >= 0.6 is 15.9 Å². The number of carbonyl (C=O) groups is 1. The lowest BCUT2D eigenvalue weighted by molar-refractivity contribution is 0.0692. The highest BCUT2D eigenvalue weighted by Gasteiger charge is 2.11. The molecule has 0 radical (unpaired) electrons. The first kappa shape index (κ1) is 13.0. The van der Waals surface area contributed by atoms with Crippen LogP contribution in [0, 0.1) is 0 Å². The van der Waals surface area contributed by atoms with E-state index in [1.54, 1.807) is 12.1 Å². The van der Waals surface area contributed by atoms with E-state index in [0.717, 1.165) is 11.0 Å². The Morgan fingerprint density at radius 3 is 2.75 bits per heavy atom. The third kappa shape index (κ3) is 3.83. The van der Waals surface area contributed by atoms with E-state index in [1.165, 1.54) is 6.07 Å². The van der Waals surface area contributed by atoms with Crippen LogP contribution < -0.4 is 4.74 Å². The maximum Gasteiger partial charge on any atom is 0.339 e. The average Bonchev–Trinajstić information content (AvgIpc) is 2.16. The fourth-order valence-corrected chi connectivity index (χ4v) is 1.47. The number of aromatic carboxylic acids is 1. The molecule has 1 rings (SSSR count). The molecule has 88 valence electrons. The Hall–Kier alpha value is -1.07. The van der Waals surface area contributed by atoms with Gasteiger partial charge in [0.1, 0.15) is 17.9 Å². The molecule has 1 aromatic rings. The van der Waals surface area contributed by atoms with Crippen molar-refractivity contribution in [2.75, 3.05) is 27.2 Å².